The van der Waals surface area contributed by atoms with E-state index >= 15 is 0 Å². The lowest BCUT2D eigenvalue weighted by molar-refractivity contribution is -0.387. The molecule has 2 rings (SSSR count). The van der Waals surface area contributed by atoms with Crippen molar-refractivity contribution < 1.29 is 9.72 Å². The zero-order valence-electron chi connectivity index (χ0n) is 15.0. The molecular weight excluding hydrogens is 356 g/mol. The largest absolute Gasteiger partial charge is 0.351 e. The Labute approximate surface area is 155 Å². The van der Waals surface area contributed by atoms with E-state index < -0.39 is 4.92 Å². The van der Waals surface area contributed by atoms with E-state index in [1.807, 2.05) is 0 Å². The van der Waals surface area contributed by atoms with Crippen molar-refractivity contribution in [2.24, 2.45) is 7.05 Å². The predicted molar refractivity (Wildman–Crippen MR) is 98.3 cm³/mol. The van der Waals surface area contributed by atoms with Crippen LogP contribution < -0.4 is 5.32 Å². The van der Waals surface area contributed by atoms with Crippen molar-refractivity contribution in [1.82, 2.24) is 25.0 Å². The van der Waals surface area contributed by atoms with Crippen LogP contribution in [0.4, 0.5) is 5.69 Å². The van der Waals surface area contributed by atoms with Gasteiger partial charge in [0.15, 0.2) is 5.16 Å². The monoisotopic (exact) mass is 378 g/mol. The second kappa shape index (κ2) is 9.30. The minimum Gasteiger partial charge on any atom is -0.351 e. The Hall–Kier alpha value is -2.46. The number of carbonyl (C=O) groups excluding carboxylic acids is 1. The molecule has 0 saturated carbocycles. The molecule has 0 aliphatic rings. The normalized spacial score (nSPS) is 10.9. The summed E-state index contributed by atoms with van der Waals surface area (Å²) in [6.45, 7) is 7.16. The zero-order chi connectivity index (χ0) is 19.1. The molecule has 0 unspecified atom stereocenters. The molecule has 0 aliphatic heterocycles. The molecule has 1 amide bonds. The van der Waals surface area contributed by atoms with Crippen molar-refractivity contribution in [3.8, 4) is 0 Å². The minimum absolute atomic E-state index is 0.130. The van der Waals surface area contributed by atoms with Crippen molar-refractivity contribution in [3.63, 3.8) is 0 Å². The van der Waals surface area contributed by atoms with Crippen molar-refractivity contribution in [2.75, 3.05) is 26.2 Å². The summed E-state index contributed by atoms with van der Waals surface area (Å²) < 4.78 is 1.67. The molecule has 2 aromatic rings. The van der Waals surface area contributed by atoms with Crippen LogP contribution in [0.5, 0.6) is 0 Å². The third-order valence-electron chi connectivity index (χ3n) is 3.90. The van der Waals surface area contributed by atoms with Crippen LogP contribution in [-0.2, 0) is 7.05 Å². The highest BCUT2D eigenvalue weighted by Gasteiger charge is 2.20. The number of nitrogens with one attached hydrogen (secondary N) is 1. The topological polar surface area (TPSA) is 106 Å². The summed E-state index contributed by atoms with van der Waals surface area (Å²) >= 11 is 1.13. The molecule has 10 heteroatoms. The Morgan fingerprint density at radius 1 is 1.38 bits per heavy atom. The molecule has 0 saturated heterocycles. The Balaban J connectivity index is 2.10. The van der Waals surface area contributed by atoms with E-state index in [2.05, 4.69) is 34.3 Å². The Morgan fingerprint density at radius 3 is 2.69 bits per heavy atom. The van der Waals surface area contributed by atoms with E-state index in [1.165, 1.54) is 12.4 Å². The fourth-order valence-corrected chi connectivity index (χ4v) is 3.17. The van der Waals surface area contributed by atoms with Crippen molar-refractivity contribution in [3.05, 3.63) is 40.2 Å². The van der Waals surface area contributed by atoms with Gasteiger partial charge in [0, 0.05) is 31.8 Å². The van der Waals surface area contributed by atoms with Crippen molar-refractivity contribution in [2.45, 2.75) is 23.9 Å². The van der Waals surface area contributed by atoms with Gasteiger partial charge in [-0.15, -0.1) is 10.2 Å². The maximum absolute atomic E-state index is 12.3. The first-order valence-electron chi connectivity index (χ1n) is 8.27. The lowest BCUT2D eigenvalue weighted by atomic mass is 10.2. The molecule has 1 heterocycles. The average Bonchev–Trinajstić information content (AvgIpc) is 3.03. The highest BCUT2D eigenvalue weighted by molar-refractivity contribution is 7.99. The molecule has 0 aliphatic carbocycles. The van der Waals surface area contributed by atoms with Gasteiger partial charge in [0.1, 0.15) is 6.33 Å². The first-order chi connectivity index (χ1) is 12.5. The summed E-state index contributed by atoms with van der Waals surface area (Å²) in [5, 5.41) is 22.4. The number of aryl methyl sites for hydroxylation is 1. The number of nitrogens with zero attached hydrogens (tertiary/aromatic N) is 5. The van der Waals surface area contributed by atoms with Crippen LogP contribution in [-0.4, -0.2) is 56.7 Å². The predicted octanol–water partition coefficient (Wildman–Crippen LogP) is 1.95. The van der Waals surface area contributed by atoms with E-state index in [9.17, 15) is 14.9 Å². The standard InChI is InChI=1S/C16H22N6O3S/c1-4-21(5-2)9-8-17-15(23)12-6-7-14(13(10-12)22(24)25)26-16-19-18-11-20(16)3/h6-7,10-11H,4-5,8-9H2,1-3H3,(H,17,23). The summed E-state index contributed by atoms with van der Waals surface area (Å²) in [4.78, 5) is 25.8. The van der Waals surface area contributed by atoms with Gasteiger partial charge in [-0.05, 0) is 37.0 Å². The summed E-state index contributed by atoms with van der Waals surface area (Å²) in [5.74, 6) is -0.324. The second-order valence-electron chi connectivity index (χ2n) is 5.55. The first kappa shape index (κ1) is 19.9. The number of hydrogen-bond acceptors (Lipinski definition) is 7. The lowest BCUT2D eigenvalue weighted by Crippen LogP contribution is -2.34. The fraction of sp³-hybridized carbons (Fsp3) is 0.438. The van der Waals surface area contributed by atoms with Crippen molar-refractivity contribution in [1.29, 1.82) is 0 Å². The summed E-state index contributed by atoms with van der Waals surface area (Å²) in [6, 6.07) is 4.45. The van der Waals surface area contributed by atoms with Gasteiger partial charge in [-0.2, -0.15) is 0 Å². The van der Waals surface area contributed by atoms with Gasteiger partial charge in [-0.25, -0.2) is 0 Å². The lowest BCUT2D eigenvalue weighted by Gasteiger charge is -2.17. The van der Waals surface area contributed by atoms with Crippen LogP contribution in [0.25, 0.3) is 0 Å². The number of likely N-dealkylation sites (N-methyl/N-ethyl adjacent to an activating group) is 1. The van der Waals surface area contributed by atoms with E-state index in [4.69, 9.17) is 0 Å². The number of amides is 1. The smallest absolute Gasteiger partial charge is 0.284 e. The van der Waals surface area contributed by atoms with E-state index in [0.29, 0.717) is 16.6 Å². The number of nitro groups is 1. The molecule has 1 aromatic heterocycles. The van der Waals surface area contributed by atoms with Gasteiger partial charge in [0.2, 0.25) is 0 Å². The summed E-state index contributed by atoms with van der Waals surface area (Å²) in [6.07, 6.45) is 1.52. The highest BCUT2D eigenvalue weighted by Crippen LogP contribution is 2.34. The van der Waals surface area contributed by atoms with Crippen LogP contribution in [0.1, 0.15) is 24.2 Å². The molecule has 0 spiro atoms. The molecule has 9 nitrogen and oxygen atoms in total. The number of benzene rings is 1. The second-order valence-corrected chi connectivity index (χ2v) is 6.56. The average molecular weight is 378 g/mol. The van der Waals surface area contributed by atoms with Crippen LogP contribution in [0.15, 0.2) is 34.6 Å². The summed E-state index contributed by atoms with van der Waals surface area (Å²) in [5.41, 5.74) is 0.132. The first-order valence-corrected chi connectivity index (χ1v) is 9.08. The molecule has 1 aromatic carbocycles. The molecule has 140 valence electrons. The highest BCUT2D eigenvalue weighted by atomic mass is 32.2. The van der Waals surface area contributed by atoms with E-state index in [0.717, 1.165) is 31.4 Å². The molecule has 26 heavy (non-hydrogen) atoms. The Kier molecular flexibility index (Phi) is 7.10. The number of carbonyl (C=O) groups is 1. The molecule has 0 bridgehead atoms. The quantitative estimate of drug-likeness (QED) is 0.525. The zero-order valence-corrected chi connectivity index (χ0v) is 15.8. The minimum atomic E-state index is -0.495. The molecule has 0 radical (unpaired) electrons. The molecule has 0 fully saturated rings. The summed E-state index contributed by atoms with van der Waals surface area (Å²) in [7, 11) is 1.76. The number of aromatic nitrogens is 3. The van der Waals surface area contributed by atoms with Crippen LogP contribution >= 0.6 is 11.8 Å². The Bertz CT molecular complexity index is 775. The maximum Gasteiger partial charge on any atom is 0.284 e. The molecular formula is C16H22N6O3S. The van der Waals surface area contributed by atoms with Crippen molar-refractivity contribution >= 4 is 23.4 Å². The van der Waals surface area contributed by atoms with Gasteiger partial charge >= 0.3 is 0 Å². The number of hydrogen-bond donors (Lipinski definition) is 1. The third kappa shape index (κ3) is 5.02. The third-order valence-corrected chi connectivity index (χ3v) is 5.01. The van der Waals surface area contributed by atoms with Gasteiger partial charge in [-0.1, -0.05) is 13.8 Å². The molecule has 0 atom stereocenters. The maximum atomic E-state index is 12.3. The van der Waals surface area contributed by atoms with Crippen LogP contribution in [0, 0.1) is 10.1 Å². The SMILES string of the molecule is CCN(CC)CCNC(=O)c1ccc(Sc2nncn2C)c([N+](=O)[O-])c1. The van der Waals surface area contributed by atoms with E-state index in [-0.39, 0.29) is 17.2 Å². The number of nitro benzene ring substituents is 1. The van der Waals surface area contributed by atoms with Gasteiger partial charge in [0.25, 0.3) is 11.6 Å². The number of rotatable bonds is 9. The molecule has 1 N–H and O–H groups in total. The van der Waals surface area contributed by atoms with Gasteiger partial charge in [0.05, 0.1) is 9.82 Å². The Morgan fingerprint density at radius 2 is 2.12 bits per heavy atom. The van der Waals surface area contributed by atoms with Crippen LogP contribution in [0.2, 0.25) is 0 Å². The fourth-order valence-electron chi connectivity index (χ4n) is 2.32. The van der Waals surface area contributed by atoms with Gasteiger partial charge < -0.3 is 14.8 Å². The van der Waals surface area contributed by atoms with E-state index in [1.54, 1.807) is 23.7 Å². The van der Waals surface area contributed by atoms with Gasteiger partial charge in [-0.3, -0.25) is 14.9 Å². The van der Waals surface area contributed by atoms with Crippen LogP contribution in [0.3, 0.4) is 0 Å².